The Kier molecular flexibility index (Phi) is 2.28. The molecule has 14 heavy (non-hydrogen) atoms. The molecule has 0 saturated carbocycles. The van der Waals surface area contributed by atoms with E-state index in [0.29, 0.717) is 5.95 Å². The van der Waals surface area contributed by atoms with Gasteiger partial charge in [-0.25, -0.2) is 15.4 Å². The van der Waals surface area contributed by atoms with Gasteiger partial charge in [-0.1, -0.05) is 0 Å². The van der Waals surface area contributed by atoms with Crippen molar-refractivity contribution in [3.05, 3.63) is 18.0 Å². The molecule has 0 aromatic carbocycles. The van der Waals surface area contributed by atoms with Crippen LogP contribution in [0.5, 0.6) is 0 Å². The van der Waals surface area contributed by atoms with Crippen molar-refractivity contribution < 1.29 is 9.63 Å². The molecular weight excluding hydrogens is 184 g/mol. The molecule has 1 atom stereocenters. The third-order valence-corrected chi connectivity index (χ3v) is 1.84. The Hall–Kier alpha value is -1.69. The highest BCUT2D eigenvalue weighted by molar-refractivity contribution is 5.84. The maximum atomic E-state index is 11.1. The first-order chi connectivity index (χ1) is 6.75. The summed E-state index contributed by atoms with van der Waals surface area (Å²) in [5, 5.41) is 2.87. The van der Waals surface area contributed by atoms with Gasteiger partial charge in [0.1, 0.15) is 12.6 Å². The molecule has 6 nitrogen and oxygen atoms in total. The number of rotatable bonds is 2. The number of carbonyl (C=O) groups excluding carboxylic acids is 1. The molecule has 2 N–H and O–H groups in total. The molecule has 0 radical (unpaired) electrons. The van der Waals surface area contributed by atoms with Crippen LogP contribution in [0, 0.1) is 6.92 Å². The van der Waals surface area contributed by atoms with Gasteiger partial charge in [0.25, 0.3) is 5.91 Å². The number of aromatic nitrogens is 2. The molecule has 1 aromatic heterocycles. The lowest BCUT2D eigenvalue weighted by Gasteiger charge is -2.07. The minimum atomic E-state index is -0.406. The molecule has 1 aromatic rings. The monoisotopic (exact) mass is 194 g/mol. The number of aryl methyl sites for hydroxylation is 1. The number of hydrogen-bond donors (Lipinski definition) is 2. The van der Waals surface area contributed by atoms with Gasteiger partial charge in [-0.15, -0.1) is 0 Å². The molecule has 0 bridgehead atoms. The van der Waals surface area contributed by atoms with Crippen LogP contribution < -0.4 is 10.8 Å². The number of nitrogens with zero attached hydrogens (tertiary/aromatic N) is 2. The molecule has 2 rings (SSSR count). The van der Waals surface area contributed by atoms with Gasteiger partial charge in [-0.05, 0) is 13.0 Å². The van der Waals surface area contributed by atoms with Crippen LogP contribution in [0.3, 0.4) is 0 Å². The molecule has 0 aliphatic carbocycles. The lowest BCUT2D eigenvalue weighted by Crippen LogP contribution is -2.31. The zero-order valence-electron chi connectivity index (χ0n) is 7.65. The van der Waals surface area contributed by atoms with Gasteiger partial charge in [-0.2, -0.15) is 0 Å². The van der Waals surface area contributed by atoms with E-state index in [4.69, 9.17) is 4.84 Å². The molecule has 0 spiro atoms. The minimum absolute atomic E-state index is 0.199. The van der Waals surface area contributed by atoms with E-state index < -0.39 is 6.04 Å². The maximum absolute atomic E-state index is 11.1. The summed E-state index contributed by atoms with van der Waals surface area (Å²) < 4.78 is 0. The van der Waals surface area contributed by atoms with Crippen LogP contribution in [0.2, 0.25) is 0 Å². The first-order valence-corrected chi connectivity index (χ1v) is 4.23. The fourth-order valence-electron chi connectivity index (χ4n) is 1.12. The molecule has 1 aliphatic heterocycles. The van der Waals surface area contributed by atoms with Crippen molar-refractivity contribution in [3.63, 3.8) is 0 Å². The Labute approximate surface area is 80.7 Å². The summed E-state index contributed by atoms with van der Waals surface area (Å²) in [6, 6.07) is 1.38. The van der Waals surface area contributed by atoms with Crippen LogP contribution >= 0.6 is 0 Å². The van der Waals surface area contributed by atoms with Gasteiger partial charge in [0.2, 0.25) is 5.95 Å². The highest BCUT2D eigenvalue weighted by atomic mass is 16.7. The number of carbonyl (C=O) groups is 1. The highest BCUT2D eigenvalue weighted by Gasteiger charge is 2.25. The van der Waals surface area contributed by atoms with Crippen LogP contribution in [0.4, 0.5) is 5.95 Å². The summed E-state index contributed by atoms with van der Waals surface area (Å²) in [5.74, 6) is 0.241. The number of anilines is 1. The first-order valence-electron chi connectivity index (χ1n) is 4.23. The van der Waals surface area contributed by atoms with Gasteiger partial charge in [0.15, 0.2) is 0 Å². The fourth-order valence-corrected chi connectivity index (χ4v) is 1.12. The van der Waals surface area contributed by atoms with E-state index in [1.54, 1.807) is 12.3 Å². The van der Waals surface area contributed by atoms with Crippen LogP contribution in [-0.4, -0.2) is 28.5 Å². The third-order valence-electron chi connectivity index (χ3n) is 1.84. The Bertz CT molecular complexity index is 355. The van der Waals surface area contributed by atoms with E-state index in [-0.39, 0.29) is 12.5 Å². The molecule has 1 saturated heterocycles. The van der Waals surface area contributed by atoms with Crippen molar-refractivity contribution in [2.24, 2.45) is 0 Å². The van der Waals surface area contributed by atoms with E-state index >= 15 is 0 Å². The normalized spacial score (nSPS) is 20.6. The van der Waals surface area contributed by atoms with Crippen molar-refractivity contribution in [3.8, 4) is 0 Å². The summed E-state index contributed by atoms with van der Waals surface area (Å²) in [6.07, 6.45) is 1.64. The van der Waals surface area contributed by atoms with Gasteiger partial charge >= 0.3 is 0 Å². The molecular formula is C8H10N4O2. The molecule has 2 heterocycles. The maximum Gasteiger partial charge on any atom is 0.268 e. The van der Waals surface area contributed by atoms with Crippen LogP contribution in [0.1, 0.15) is 5.69 Å². The third kappa shape index (κ3) is 1.80. The van der Waals surface area contributed by atoms with E-state index in [9.17, 15) is 4.79 Å². The lowest BCUT2D eigenvalue weighted by molar-refractivity contribution is -0.124. The Morgan fingerprint density at radius 1 is 1.71 bits per heavy atom. The van der Waals surface area contributed by atoms with E-state index in [2.05, 4.69) is 20.8 Å². The van der Waals surface area contributed by atoms with Crippen molar-refractivity contribution in [2.45, 2.75) is 13.0 Å². The largest absolute Gasteiger partial charge is 0.340 e. The average Bonchev–Trinajstić information content (AvgIpc) is 2.52. The van der Waals surface area contributed by atoms with Crippen LogP contribution in [0.25, 0.3) is 0 Å². The topological polar surface area (TPSA) is 76.1 Å². The SMILES string of the molecule is Cc1ccnc(NC2CONC2=O)n1. The van der Waals surface area contributed by atoms with Crippen molar-refractivity contribution in [2.75, 3.05) is 11.9 Å². The lowest BCUT2D eigenvalue weighted by atomic mass is 10.3. The molecule has 1 aliphatic rings. The molecule has 6 heteroatoms. The van der Waals surface area contributed by atoms with Crippen molar-refractivity contribution in [1.29, 1.82) is 0 Å². The minimum Gasteiger partial charge on any atom is -0.340 e. The number of hydroxylamine groups is 1. The Balaban J connectivity index is 2.07. The van der Waals surface area contributed by atoms with Gasteiger partial charge in [-0.3, -0.25) is 9.63 Å². The van der Waals surface area contributed by atoms with Gasteiger partial charge in [0, 0.05) is 11.9 Å². The van der Waals surface area contributed by atoms with Crippen molar-refractivity contribution >= 4 is 11.9 Å². The standard InChI is InChI=1S/C8H10N4O2/c1-5-2-3-9-8(10-5)11-6-4-14-12-7(6)13/h2-3,6H,4H2,1H3,(H,12,13)(H,9,10,11). The Morgan fingerprint density at radius 3 is 3.21 bits per heavy atom. The second-order valence-corrected chi connectivity index (χ2v) is 3.00. The molecule has 1 amide bonds. The number of hydrogen-bond acceptors (Lipinski definition) is 5. The number of nitrogens with one attached hydrogen (secondary N) is 2. The molecule has 74 valence electrons. The average molecular weight is 194 g/mol. The summed E-state index contributed by atoms with van der Waals surface area (Å²) in [5.41, 5.74) is 3.10. The number of amides is 1. The molecule has 1 unspecified atom stereocenters. The fraction of sp³-hybridized carbons (Fsp3) is 0.375. The Morgan fingerprint density at radius 2 is 2.57 bits per heavy atom. The summed E-state index contributed by atoms with van der Waals surface area (Å²) in [4.78, 5) is 24.0. The summed E-state index contributed by atoms with van der Waals surface area (Å²) in [6.45, 7) is 2.15. The molecule has 1 fully saturated rings. The van der Waals surface area contributed by atoms with Crippen LogP contribution in [0.15, 0.2) is 12.3 Å². The summed E-state index contributed by atoms with van der Waals surface area (Å²) in [7, 11) is 0. The van der Waals surface area contributed by atoms with E-state index in [1.165, 1.54) is 0 Å². The van der Waals surface area contributed by atoms with E-state index in [1.807, 2.05) is 6.92 Å². The first kappa shape index (κ1) is 8.89. The zero-order valence-corrected chi connectivity index (χ0v) is 7.65. The quantitative estimate of drug-likeness (QED) is 0.671. The second-order valence-electron chi connectivity index (χ2n) is 3.00. The predicted octanol–water partition coefficient (Wildman–Crippen LogP) is -0.373. The van der Waals surface area contributed by atoms with Crippen LogP contribution in [-0.2, 0) is 9.63 Å². The van der Waals surface area contributed by atoms with Gasteiger partial charge in [0.05, 0.1) is 0 Å². The second kappa shape index (κ2) is 3.59. The zero-order chi connectivity index (χ0) is 9.97. The van der Waals surface area contributed by atoms with E-state index in [0.717, 1.165) is 5.69 Å². The van der Waals surface area contributed by atoms with Crippen molar-refractivity contribution in [1.82, 2.24) is 15.4 Å². The smallest absolute Gasteiger partial charge is 0.268 e. The predicted molar refractivity (Wildman–Crippen MR) is 48.3 cm³/mol. The van der Waals surface area contributed by atoms with Gasteiger partial charge < -0.3 is 5.32 Å². The summed E-state index contributed by atoms with van der Waals surface area (Å²) >= 11 is 0. The highest BCUT2D eigenvalue weighted by Crippen LogP contribution is 2.04.